The molecular formula is C12H12N2S. The molecule has 76 valence electrons. The summed E-state index contributed by atoms with van der Waals surface area (Å²) in [4.78, 5) is 1.19. The quantitative estimate of drug-likeness (QED) is 0.615. The van der Waals surface area contributed by atoms with Crippen LogP contribution < -0.4 is 5.43 Å². The fraction of sp³-hybridized carbons (Fsp3) is 0.0833. The molecule has 0 spiro atoms. The van der Waals surface area contributed by atoms with Crippen molar-refractivity contribution in [2.45, 2.75) is 6.92 Å². The Bertz CT molecular complexity index is 432. The maximum atomic E-state index is 4.31. The van der Waals surface area contributed by atoms with Gasteiger partial charge in [-0.2, -0.15) is 5.10 Å². The molecule has 0 radical (unpaired) electrons. The lowest BCUT2D eigenvalue weighted by atomic mass is 10.3. The van der Waals surface area contributed by atoms with E-state index < -0.39 is 0 Å². The second kappa shape index (κ2) is 4.75. The fourth-order valence-electron chi connectivity index (χ4n) is 1.20. The average Bonchev–Trinajstić information content (AvgIpc) is 2.81. The molecule has 0 aliphatic rings. The molecule has 1 heterocycles. The van der Waals surface area contributed by atoms with E-state index in [9.17, 15) is 0 Å². The third-order valence-corrected chi connectivity index (χ3v) is 2.98. The number of nitrogens with zero attached hydrogens (tertiary/aromatic N) is 1. The van der Waals surface area contributed by atoms with E-state index in [1.807, 2.05) is 43.3 Å². The third-order valence-electron chi connectivity index (χ3n) is 2.00. The van der Waals surface area contributed by atoms with Gasteiger partial charge in [-0.1, -0.05) is 24.3 Å². The maximum absolute atomic E-state index is 4.31. The molecule has 0 unspecified atom stereocenters. The van der Waals surface area contributed by atoms with Crippen LogP contribution in [0.3, 0.4) is 0 Å². The molecule has 0 fully saturated rings. The zero-order valence-electron chi connectivity index (χ0n) is 8.47. The lowest BCUT2D eigenvalue weighted by molar-refractivity contribution is 1.33. The number of benzene rings is 1. The van der Waals surface area contributed by atoms with Gasteiger partial charge in [0, 0.05) is 4.88 Å². The highest BCUT2D eigenvalue weighted by Gasteiger charge is 1.96. The molecular weight excluding hydrogens is 204 g/mol. The van der Waals surface area contributed by atoms with E-state index in [1.165, 1.54) is 4.88 Å². The van der Waals surface area contributed by atoms with E-state index in [0.717, 1.165) is 11.4 Å². The van der Waals surface area contributed by atoms with Crippen LogP contribution in [0.5, 0.6) is 0 Å². The van der Waals surface area contributed by atoms with Gasteiger partial charge in [0.1, 0.15) is 0 Å². The summed E-state index contributed by atoms with van der Waals surface area (Å²) in [6, 6.07) is 14.0. The van der Waals surface area contributed by atoms with Crippen molar-refractivity contribution in [1.82, 2.24) is 0 Å². The van der Waals surface area contributed by atoms with Crippen molar-refractivity contribution in [3.63, 3.8) is 0 Å². The van der Waals surface area contributed by atoms with Gasteiger partial charge in [-0.05, 0) is 30.5 Å². The Kier molecular flexibility index (Phi) is 3.15. The number of para-hydroxylation sites is 1. The molecule has 1 aromatic heterocycles. The minimum Gasteiger partial charge on any atom is -0.278 e. The number of thiophene rings is 1. The van der Waals surface area contributed by atoms with Crippen LogP contribution >= 0.6 is 11.3 Å². The highest BCUT2D eigenvalue weighted by Crippen LogP contribution is 2.11. The summed E-state index contributed by atoms with van der Waals surface area (Å²) in [5, 5.41) is 6.37. The minimum absolute atomic E-state index is 1.01. The monoisotopic (exact) mass is 216 g/mol. The Labute approximate surface area is 93.3 Å². The van der Waals surface area contributed by atoms with Gasteiger partial charge in [-0.15, -0.1) is 11.3 Å². The van der Waals surface area contributed by atoms with E-state index in [0.29, 0.717) is 0 Å². The molecule has 0 amide bonds. The molecule has 1 N–H and O–H groups in total. The van der Waals surface area contributed by atoms with E-state index in [1.54, 1.807) is 11.3 Å². The molecule has 2 rings (SSSR count). The highest BCUT2D eigenvalue weighted by molar-refractivity contribution is 7.12. The van der Waals surface area contributed by atoms with E-state index in [4.69, 9.17) is 0 Å². The zero-order valence-corrected chi connectivity index (χ0v) is 9.29. The first-order valence-electron chi connectivity index (χ1n) is 4.75. The summed E-state index contributed by atoms with van der Waals surface area (Å²) >= 11 is 1.70. The van der Waals surface area contributed by atoms with Crippen molar-refractivity contribution < 1.29 is 0 Å². The lowest BCUT2D eigenvalue weighted by Crippen LogP contribution is -1.96. The van der Waals surface area contributed by atoms with Crippen LogP contribution in [0.1, 0.15) is 11.8 Å². The van der Waals surface area contributed by atoms with Gasteiger partial charge in [0.05, 0.1) is 11.4 Å². The molecule has 0 atom stereocenters. The Morgan fingerprint density at radius 3 is 2.60 bits per heavy atom. The second-order valence-electron chi connectivity index (χ2n) is 3.15. The van der Waals surface area contributed by atoms with E-state index in [2.05, 4.69) is 22.0 Å². The first kappa shape index (κ1) is 9.93. The summed E-state index contributed by atoms with van der Waals surface area (Å²) in [5.74, 6) is 0. The van der Waals surface area contributed by atoms with Crippen molar-refractivity contribution in [3.8, 4) is 0 Å². The first-order valence-corrected chi connectivity index (χ1v) is 5.63. The molecule has 0 saturated carbocycles. The number of nitrogens with one attached hydrogen (secondary N) is 1. The summed E-state index contributed by atoms with van der Waals surface area (Å²) < 4.78 is 0. The van der Waals surface area contributed by atoms with Gasteiger partial charge in [0.15, 0.2) is 0 Å². The van der Waals surface area contributed by atoms with Crippen molar-refractivity contribution in [1.29, 1.82) is 0 Å². The maximum Gasteiger partial charge on any atom is 0.0747 e. The molecule has 1 aromatic carbocycles. The number of hydrogen-bond acceptors (Lipinski definition) is 3. The van der Waals surface area contributed by atoms with Crippen LogP contribution in [0.25, 0.3) is 0 Å². The predicted octanol–water partition coefficient (Wildman–Crippen LogP) is 3.58. The highest BCUT2D eigenvalue weighted by atomic mass is 32.1. The molecule has 2 nitrogen and oxygen atoms in total. The Morgan fingerprint density at radius 1 is 1.13 bits per heavy atom. The summed E-state index contributed by atoms with van der Waals surface area (Å²) in [5.41, 5.74) is 5.04. The number of anilines is 1. The topological polar surface area (TPSA) is 24.4 Å². The first-order chi connectivity index (χ1) is 7.36. The largest absolute Gasteiger partial charge is 0.278 e. The van der Waals surface area contributed by atoms with E-state index >= 15 is 0 Å². The van der Waals surface area contributed by atoms with Crippen LogP contribution in [0.15, 0.2) is 52.9 Å². The summed E-state index contributed by atoms with van der Waals surface area (Å²) in [6.07, 6.45) is 0. The van der Waals surface area contributed by atoms with Gasteiger partial charge in [-0.25, -0.2) is 0 Å². The molecule has 3 heteroatoms. The Hall–Kier alpha value is -1.61. The van der Waals surface area contributed by atoms with E-state index in [-0.39, 0.29) is 0 Å². The van der Waals surface area contributed by atoms with Crippen LogP contribution in [0.4, 0.5) is 5.69 Å². The van der Waals surface area contributed by atoms with Crippen molar-refractivity contribution in [3.05, 3.63) is 52.7 Å². The molecule has 0 bridgehead atoms. The molecule has 0 aliphatic heterocycles. The summed E-state index contributed by atoms with van der Waals surface area (Å²) in [6.45, 7) is 2.00. The smallest absolute Gasteiger partial charge is 0.0747 e. The Balaban J connectivity index is 2.06. The van der Waals surface area contributed by atoms with Crippen LogP contribution in [0.2, 0.25) is 0 Å². The van der Waals surface area contributed by atoms with Crippen LogP contribution in [-0.4, -0.2) is 5.71 Å². The number of hydrogen-bond donors (Lipinski definition) is 1. The van der Waals surface area contributed by atoms with Gasteiger partial charge in [0.2, 0.25) is 0 Å². The zero-order chi connectivity index (χ0) is 10.5. The SMILES string of the molecule is C/C(=N/Nc1ccccc1)c1cccs1. The van der Waals surface area contributed by atoms with Gasteiger partial charge in [-0.3, -0.25) is 5.43 Å². The van der Waals surface area contributed by atoms with Gasteiger partial charge < -0.3 is 0 Å². The normalized spacial score (nSPS) is 11.4. The minimum atomic E-state index is 1.01. The summed E-state index contributed by atoms with van der Waals surface area (Å²) in [7, 11) is 0. The fourth-order valence-corrected chi connectivity index (χ4v) is 1.88. The molecule has 2 aromatic rings. The molecule has 0 aliphatic carbocycles. The predicted molar refractivity (Wildman–Crippen MR) is 66.6 cm³/mol. The molecule has 0 saturated heterocycles. The van der Waals surface area contributed by atoms with Gasteiger partial charge >= 0.3 is 0 Å². The van der Waals surface area contributed by atoms with Crippen LogP contribution in [-0.2, 0) is 0 Å². The van der Waals surface area contributed by atoms with Gasteiger partial charge in [0.25, 0.3) is 0 Å². The van der Waals surface area contributed by atoms with Crippen LogP contribution in [0, 0.1) is 0 Å². The van der Waals surface area contributed by atoms with Crippen molar-refractivity contribution >= 4 is 22.7 Å². The standard InChI is InChI=1S/C12H12N2S/c1-10(12-8-5-9-15-12)13-14-11-6-3-2-4-7-11/h2-9,14H,1H3/b13-10-. The van der Waals surface area contributed by atoms with Crippen molar-refractivity contribution in [2.75, 3.05) is 5.43 Å². The second-order valence-corrected chi connectivity index (χ2v) is 4.10. The number of rotatable bonds is 3. The lowest BCUT2D eigenvalue weighted by Gasteiger charge is -2.00. The number of hydrazone groups is 1. The average molecular weight is 216 g/mol. The third kappa shape index (κ3) is 2.67. The van der Waals surface area contributed by atoms with Crippen molar-refractivity contribution in [2.24, 2.45) is 5.10 Å². The molecule has 15 heavy (non-hydrogen) atoms. The Morgan fingerprint density at radius 2 is 1.93 bits per heavy atom.